The number of hydrogen-bond donors (Lipinski definition) is 3. The second kappa shape index (κ2) is 4.95. The van der Waals surface area contributed by atoms with Crippen LogP contribution >= 0.6 is 11.8 Å². The van der Waals surface area contributed by atoms with Crippen LogP contribution in [-0.2, 0) is 4.79 Å². The lowest BCUT2D eigenvalue weighted by atomic mass is 10.0. The minimum absolute atomic E-state index is 0.0640. The molecule has 0 saturated carbocycles. The maximum absolute atomic E-state index is 11.1. The summed E-state index contributed by atoms with van der Waals surface area (Å²) in [6.45, 7) is 0. The molecule has 2 heterocycles. The summed E-state index contributed by atoms with van der Waals surface area (Å²) >= 11 is 1.87. The molecule has 0 aliphatic carbocycles. The van der Waals surface area contributed by atoms with E-state index in [4.69, 9.17) is 5.11 Å². The lowest BCUT2D eigenvalue weighted by Gasteiger charge is -2.16. The molecule has 2 aliphatic heterocycles. The number of urea groups is 1. The van der Waals surface area contributed by atoms with Gasteiger partial charge in [-0.1, -0.05) is 6.42 Å². The Morgan fingerprint density at radius 2 is 2.25 bits per heavy atom. The summed E-state index contributed by atoms with van der Waals surface area (Å²) in [5.74, 6) is 0.236. The van der Waals surface area contributed by atoms with E-state index in [1.165, 1.54) is 0 Å². The molecule has 2 saturated heterocycles. The highest BCUT2D eigenvalue weighted by molar-refractivity contribution is 8.00. The van der Waals surface area contributed by atoms with Crippen LogP contribution in [0.15, 0.2) is 0 Å². The van der Waals surface area contributed by atoms with E-state index < -0.39 is 5.97 Å². The Morgan fingerprint density at radius 3 is 3.00 bits per heavy atom. The van der Waals surface area contributed by atoms with Crippen molar-refractivity contribution in [2.45, 2.75) is 43.0 Å². The van der Waals surface area contributed by atoms with Gasteiger partial charge in [-0.2, -0.15) is 11.8 Å². The highest BCUT2D eigenvalue weighted by atomic mass is 32.2. The zero-order valence-corrected chi connectivity index (χ0v) is 9.76. The van der Waals surface area contributed by atoms with E-state index in [1.807, 2.05) is 11.8 Å². The molecule has 2 unspecified atom stereocenters. The van der Waals surface area contributed by atoms with Crippen LogP contribution in [-0.4, -0.2) is 40.2 Å². The van der Waals surface area contributed by atoms with Crippen molar-refractivity contribution < 1.29 is 14.7 Å². The molecule has 2 amide bonds. The van der Waals surface area contributed by atoms with E-state index in [9.17, 15) is 9.59 Å². The molecule has 0 aromatic carbocycles. The Bertz CT molecular complexity index is 298. The third kappa shape index (κ3) is 2.61. The van der Waals surface area contributed by atoms with Crippen LogP contribution in [0.2, 0.25) is 0 Å². The van der Waals surface area contributed by atoms with E-state index >= 15 is 0 Å². The third-order valence-electron chi connectivity index (χ3n) is 3.07. The molecule has 0 spiro atoms. The molecule has 0 aromatic heterocycles. The molecule has 6 heteroatoms. The van der Waals surface area contributed by atoms with Gasteiger partial charge in [-0.15, -0.1) is 0 Å². The predicted molar refractivity (Wildman–Crippen MR) is 61.6 cm³/mol. The summed E-state index contributed by atoms with van der Waals surface area (Å²) in [5.41, 5.74) is 0. The van der Waals surface area contributed by atoms with Gasteiger partial charge in [-0.3, -0.25) is 4.79 Å². The number of nitrogens with one attached hydrogen (secondary N) is 2. The van der Waals surface area contributed by atoms with Crippen molar-refractivity contribution in [2.24, 2.45) is 0 Å². The molecule has 2 rings (SSSR count). The maximum Gasteiger partial charge on any atom is 0.315 e. The largest absolute Gasteiger partial charge is 0.481 e. The number of unbranched alkanes of at least 4 members (excludes halogenated alkanes) is 1. The lowest BCUT2D eigenvalue weighted by Crippen LogP contribution is -2.36. The van der Waals surface area contributed by atoms with Gasteiger partial charge in [0.25, 0.3) is 0 Å². The summed E-state index contributed by atoms with van der Waals surface area (Å²) in [7, 11) is 0. The monoisotopic (exact) mass is 244 g/mol. The summed E-state index contributed by atoms with van der Waals surface area (Å²) in [4.78, 5) is 21.5. The van der Waals surface area contributed by atoms with Crippen molar-refractivity contribution in [3.05, 3.63) is 0 Å². The van der Waals surface area contributed by atoms with Gasteiger partial charge < -0.3 is 15.7 Å². The molecule has 3 atom stereocenters. The fourth-order valence-electron chi connectivity index (χ4n) is 2.26. The van der Waals surface area contributed by atoms with Crippen LogP contribution in [0.25, 0.3) is 0 Å². The van der Waals surface area contributed by atoms with Gasteiger partial charge in [0.15, 0.2) is 0 Å². The van der Waals surface area contributed by atoms with E-state index in [0.717, 1.165) is 25.0 Å². The molecule has 0 bridgehead atoms. The van der Waals surface area contributed by atoms with Crippen LogP contribution in [0.5, 0.6) is 0 Å². The topological polar surface area (TPSA) is 78.4 Å². The highest BCUT2D eigenvalue weighted by Gasteiger charge is 2.42. The van der Waals surface area contributed by atoms with E-state index in [2.05, 4.69) is 10.6 Å². The van der Waals surface area contributed by atoms with Crippen LogP contribution in [0.3, 0.4) is 0 Å². The molecule has 2 fully saturated rings. The number of carbonyl (C=O) groups is 2. The highest BCUT2D eigenvalue weighted by Crippen LogP contribution is 2.33. The van der Waals surface area contributed by atoms with Crippen molar-refractivity contribution in [1.29, 1.82) is 0 Å². The molecule has 16 heavy (non-hydrogen) atoms. The van der Waals surface area contributed by atoms with Crippen LogP contribution in [0.4, 0.5) is 4.79 Å². The molecule has 90 valence electrons. The van der Waals surface area contributed by atoms with E-state index in [1.54, 1.807) is 0 Å². The van der Waals surface area contributed by atoms with E-state index in [-0.39, 0.29) is 24.5 Å². The Labute approximate surface area is 98.4 Å². The smallest absolute Gasteiger partial charge is 0.315 e. The number of hydrogen-bond acceptors (Lipinski definition) is 3. The Kier molecular flexibility index (Phi) is 3.58. The van der Waals surface area contributed by atoms with Crippen LogP contribution < -0.4 is 10.6 Å². The predicted octanol–water partition coefficient (Wildman–Crippen LogP) is 0.797. The second-order valence-electron chi connectivity index (χ2n) is 4.26. The van der Waals surface area contributed by atoms with Crippen molar-refractivity contribution in [3.63, 3.8) is 0 Å². The number of thioether (sulfide) groups is 1. The molecule has 3 N–H and O–H groups in total. The summed E-state index contributed by atoms with van der Waals surface area (Å²) in [5, 5.41) is 14.8. The van der Waals surface area contributed by atoms with E-state index in [0.29, 0.717) is 5.25 Å². The zero-order valence-electron chi connectivity index (χ0n) is 8.94. The zero-order chi connectivity index (χ0) is 11.5. The second-order valence-corrected chi connectivity index (χ2v) is 5.53. The maximum atomic E-state index is 11.1. The first-order chi connectivity index (χ1) is 7.66. The first-order valence-electron chi connectivity index (χ1n) is 5.57. The van der Waals surface area contributed by atoms with Gasteiger partial charge >= 0.3 is 12.0 Å². The molecule has 0 aromatic rings. The SMILES string of the molecule is O=C(O)CCCCC1SCC2NC(=O)N[C@@H]21. The Morgan fingerprint density at radius 1 is 1.44 bits per heavy atom. The van der Waals surface area contributed by atoms with Crippen LogP contribution in [0.1, 0.15) is 25.7 Å². The number of aliphatic carboxylic acids is 1. The first-order valence-corrected chi connectivity index (χ1v) is 6.62. The van der Waals surface area contributed by atoms with Gasteiger partial charge in [0.1, 0.15) is 0 Å². The Balaban J connectivity index is 1.70. The molecule has 5 nitrogen and oxygen atoms in total. The Hall–Kier alpha value is -0.910. The quantitative estimate of drug-likeness (QED) is 0.493. The summed E-state index contributed by atoms with van der Waals surface area (Å²) in [6, 6.07) is 0.440. The van der Waals surface area contributed by atoms with Crippen molar-refractivity contribution in [3.8, 4) is 0 Å². The number of carbonyl (C=O) groups excluding carboxylic acids is 1. The standard InChI is InChI=1S/C10H16N2O3S/c13-8(14)4-2-1-3-7-9-6(5-16-7)11-10(15)12-9/h6-7,9H,1-5H2,(H,13,14)(H2,11,12,15)/t6?,7?,9-/m0/s1. The number of carboxylic acid groups (broad SMARTS) is 1. The normalized spacial score (nSPS) is 32.0. The number of carboxylic acids is 1. The first kappa shape index (κ1) is 11.6. The molecule has 0 radical (unpaired) electrons. The van der Waals surface area contributed by atoms with Crippen molar-refractivity contribution >= 4 is 23.8 Å². The van der Waals surface area contributed by atoms with Gasteiger partial charge in [-0.05, 0) is 12.8 Å². The summed E-state index contributed by atoms with van der Waals surface area (Å²) < 4.78 is 0. The van der Waals surface area contributed by atoms with Crippen LogP contribution in [0, 0.1) is 0 Å². The van der Waals surface area contributed by atoms with Gasteiger partial charge in [0.05, 0.1) is 12.1 Å². The fourth-order valence-corrected chi connectivity index (χ4v) is 3.81. The van der Waals surface area contributed by atoms with Crippen molar-refractivity contribution in [2.75, 3.05) is 5.75 Å². The number of rotatable bonds is 5. The fraction of sp³-hybridized carbons (Fsp3) is 0.800. The van der Waals surface area contributed by atoms with Gasteiger partial charge in [-0.25, -0.2) is 4.79 Å². The minimum Gasteiger partial charge on any atom is -0.481 e. The van der Waals surface area contributed by atoms with Gasteiger partial charge in [0.2, 0.25) is 0 Å². The molecular weight excluding hydrogens is 228 g/mol. The number of amides is 2. The average molecular weight is 244 g/mol. The molecule has 2 aliphatic rings. The number of fused-ring (bicyclic) bond motifs is 1. The lowest BCUT2D eigenvalue weighted by molar-refractivity contribution is -0.137. The van der Waals surface area contributed by atoms with Crippen molar-refractivity contribution in [1.82, 2.24) is 10.6 Å². The van der Waals surface area contributed by atoms with Gasteiger partial charge in [0, 0.05) is 17.4 Å². The summed E-state index contributed by atoms with van der Waals surface area (Å²) in [6.07, 6.45) is 2.88. The minimum atomic E-state index is -0.729. The average Bonchev–Trinajstić information content (AvgIpc) is 2.72. The molecular formula is C10H16N2O3S. The third-order valence-corrected chi connectivity index (χ3v) is 4.58.